The lowest BCUT2D eigenvalue weighted by atomic mass is 9.83. The zero-order chi connectivity index (χ0) is 21.0. The molecule has 2 aliphatic heterocycles. The highest BCUT2D eigenvalue weighted by Crippen LogP contribution is 2.37. The zero-order valence-electron chi connectivity index (χ0n) is 17.4. The van der Waals surface area contributed by atoms with E-state index in [1.165, 1.54) is 0 Å². The lowest BCUT2D eigenvalue weighted by Crippen LogP contribution is -2.46. The van der Waals surface area contributed by atoms with E-state index in [9.17, 15) is 14.7 Å². The van der Waals surface area contributed by atoms with Gasteiger partial charge < -0.3 is 14.1 Å². The number of aromatic nitrogens is 1. The molecule has 2 unspecified atom stereocenters. The molecule has 1 fully saturated rings. The summed E-state index contributed by atoms with van der Waals surface area (Å²) in [6.07, 6.45) is 1.83. The molecule has 1 N–H and O–H groups in total. The minimum Gasteiger partial charge on any atom is -0.507 e. The summed E-state index contributed by atoms with van der Waals surface area (Å²) in [6.45, 7) is 6.97. The van der Waals surface area contributed by atoms with Gasteiger partial charge in [-0.25, -0.2) is 4.79 Å². The third-order valence-electron chi connectivity index (χ3n) is 6.73. The van der Waals surface area contributed by atoms with E-state index in [0.29, 0.717) is 29.5 Å². The van der Waals surface area contributed by atoms with E-state index in [1.807, 2.05) is 23.6 Å². The van der Waals surface area contributed by atoms with Gasteiger partial charge in [-0.05, 0) is 43.4 Å². The number of benzene rings is 1. The molecule has 5 rings (SSSR count). The summed E-state index contributed by atoms with van der Waals surface area (Å²) in [7, 11) is 0. The van der Waals surface area contributed by atoms with Gasteiger partial charge in [0.05, 0.1) is 0 Å². The number of likely N-dealkylation sites (tertiary alicyclic amines) is 1. The normalized spacial score (nSPS) is 21.0. The van der Waals surface area contributed by atoms with Crippen LogP contribution in [0.15, 0.2) is 44.3 Å². The highest BCUT2D eigenvalue weighted by molar-refractivity contribution is 5.86. The highest BCUT2D eigenvalue weighted by Gasteiger charge is 2.34. The van der Waals surface area contributed by atoms with Crippen molar-refractivity contribution in [2.24, 2.45) is 5.92 Å². The summed E-state index contributed by atoms with van der Waals surface area (Å²) < 4.78 is 7.34. The largest absolute Gasteiger partial charge is 0.507 e. The van der Waals surface area contributed by atoms with E-state index in [4.69, 9.17) is 4.42 Å². The summed E-state index contributed by atoms with van der Waals surface area (Å²) in [5.41, 5.74) is 3.72. The second kappa shape index (κ2) is 7.13. The lowest BCUT2D eigenvalue weighted by Gasteiger charge is -2.42. The van der Waals surface area contributed by atoms with E-state index >= 15 is 0 Å². The maximum absolute atomic E-state index is 12.2. The first-order valence-electron chi connectivity index (χ1n) is 10.6. The maximum atomic E-state index is 12.2. The average molecular weight is 406 g/mol. The van der Waals surface area contributed by atoms with Gasteiger partial charge in [0, 0.05) is 66.4 Å². The van der Waals surface area contributed by atoms with Gasteiger partial charge in [-0.1, -0.05) is 13.0 Å². The Balaban J connectivity index is 1.50. The molecule has 6 heteroatoms. The fraction of sp³-hybridized carbons (Fsp3) is 0.417. The second-order valence-electron chi connectivity index (χ2n) is 8.72. The van der Waals surface area contributed by atoms with Crippen LogP contribution in [0.25, 0.3) is 11.0 Å². The van der Waals surface area contributed by atoms with Gasteiger partial charge in [0.1, 0.15) is 11.3 Å². The first kappa shape index (κ1) is 19.1. The third kappa shape index (κ3) is 3.06. The Morgan fingerprint density at radius 2 is 1.97 bits per heavy atom. The molecular formula is C24H26N2O4. The van der Waals surface area contributed by atoms with Gasteiger partial charge in [-0.3, -0.25) is 9.69 Å². The third-order valence-corrected chi connectivity index (χ3v) is 6.73. The molecule has 2 bridgehead atoms. The van der Waals surface area contributed by atoms with Gasteiger partial charge in [-0.2, -0.15) is 0 Å². The van der Waals surface area contributed by atoms with Gasteiger partial charge in [-0.15, -0.1) is 0 Å². The van der Waals surface area contributed by atoms with Crippen LogP contribution in [0.1, 0.15) is 41.6 Å². The van der Waals surface area contributed by atoms with Crippen LogP contribution in [0, 0.1) is 12.8 Å². The van der Waals surface area contributed by atoms with Crippen molar-refractivity contribution in [3.8, 4) is 5.75 Å². The van der Waals surface area contributed by atoms with Crippen LogP contribution in [0.4, 0.5) is 0 Å². The zero-order valence-corrected chi connectivity index (χ0v) is 17.4. The van der Waals surface area contributed by atoms with Crippen molar-refractivity contribution < 1.29 is 9.52 Å². The van der Waals surface area contributed by atoms with Crippen molar-refractivity contribution in [2.75, 3.05) is 13.1 Å². The average Bonchev–Trinajstić information content (AvgIpc) is 2.72. The molecule has 1 aromatic carbocycles. The minimum absolute atomic E-state index is 0.0898. The van der Waals surface area contributed by atoms with E-state index in [-0.39, 0.29) is 16.9 Å². The Kier molecular flexibility index (Phi) is 4.54. The van der Waals surface area contributed by atoms with Crippen LogP contribution in [-0.4, -0.2) is 27.7 Å². The SMILES string of the molecule is CCc1cc(=O)oc2c(C)c(O)c(CN3CC4CC(C3)c3cccc(=O)n3C4)cc12. The Morgan fingerprint density at radius 3 is 2.77 bits per heavy atom. The van der Waals surface area contributed by atoms with Crippen molar-refractivity contribution in [2.45, 2.75) is 45.7 Å². The molecule has 2 aromatic heterocycles. The minimum atomic E-state index is -0.382. The monoisotopic (exact) mass is 406 g/mol. The summed E-state index contributed by atoms with van der Waals surface area (Å²) >= 11 is 0. The molecule has 0 spiro atoms. The van der Waals surface area contributed by atoms with Crippen LogP contribution in [0.5, 0.6) is 5.75 Å². The van der Waals surface area contributed by atoms with Crippen LogP contribution in [0.3, 0.4) is 0 Å². The molecule has 6 nitrogen and oxygen atoms in total. The Hall–Kier alpha value is -2.86. The molecule has 156 valence electrons. The van der Waals surface area contributed by atoms with Gasteiger partial charge >= 0.3 is 5.63 Å². The molecule has 3 aromatic rings. The molecule has 30 heavy (non-hydrogen) atoms. The topological polar surface area (TPSA) is 75.7 Å². The van der Waals surface area contributed by atoms with Crippen LogP contribution in [0.2, 0.25) is 0 Å². The van der Waals surface area contributed by atoms with E-state index < -0.39 is 0 Å². The number of hydrogen-bond acceptors (Lipinski definition) is 5. The number of piperidine rings is 1. The second-order valence-corrected chi connectivity index (χ2v) is 8.72. The Bertz CT molecular complexity index is 1260. The summed E-state index contributed by atoms with van der Waals surface area (Å²) in [5, 5.41) is 11.7. The van der Waals surface area contributed by atoms with E-state index in [1.54, 1.807) is 19.1 Å². The number of aryl methyl sites for hydroxylation is 2. The predicted molar refractivity (Wildman–Crippen MR) is 115 cm³/mol. The molecule has 0 radical (unpaired) electrons. The number of pyridine rings is 1. The first-order chi connectivity index (χ1) is 14.4. The molecule has 0 amide bonds. The molecule has 0 aliphatic carbocycles. The van der Waals surface area contributed by atoms with Crippen molar-refractivity contribution in [1.82, 2.24) is 9.47 Å². The molecule has 2 atom stereocenters. The van der Waals surface area contributed by atoms with Crippen LogP contribution >= 0.6 is 0 Å². The molecule has 4 heterocycles. The van der Waals surface area contributed by atoms with E-state index in [0.717, 1.165) is 54.7 Å². The highest BCUT2D eigenvalue weighted by atomic mass is 16.4. The number of nitrogens with zero attached hydrogens (tertiary/aromatic N) is 2. The van der Waals surface area contributed by atoms with E-state index in [2.05, 4.69) is 11.0 Å². The van der Waals surface area contributed by atoms with Crippen molar-refractivity contribution in [3.63, 3.8) is 0 Å². The fourth-order valence-electron chi connectivity index (χ4n) is 5.36. The molecular weight excluding hydrogens is 380 g/mol. The van der Waals surface area contributed by atoms with Gasteiger partial charge in [0.25, 0.3) is 5.56 Å². The predicted octanol–water partition coefficient (Wildman–Crippen LogP) is 3.15. The number of phenols is 1. The Labute approximate surface area is 174 Å². The smallest absolute Gasteiger partial charge is 0.336 e. The number of phenolic OH excluding ortho intramolecular Hbond substituents is 1. The van der Waals surface area contributed by atoms with Gasteiger partial charge in [0.15, 0.2) is 0 Å². The van der Waals surface area contributed by atoms with Crippen molar-refractivity contribution in [3.05, 3.63) is 73.5 Å². The molecule has 2 aliphatic rings. The number of rotatable bonds is 3. The summed E-state index contributed by atoms with van der Waals surface area (Å²) in [4.78, 5) is 26.5. The standard InChI is InChI=1S/C24H26N2O4/c1-3-16-9-22(28)30-24-14(2)23(29)18(8-19(16)24)13-25-10-15-7-17(12-25)20-5-4-6-21(27)26(20)11-15/h4-6,8-9,15,17,29H,3,7,10-13H2,1-2H3. The van der Waals surface area contributed by atoms with Crippen LogP contribution in [-0.2, 0) is 19.5 Å². The van der Waals surface area contributed by atoms with Crippen molar-refractivity contribution in [1.29, 1.82) is 0 Å². The van der Waals surface area contributed by atoms with Crippen LogP contribution < -0.4 is 11.2 Å². The number of hydrogen-bond donors (Lipinski definition) is 1. The number of fused-ring (bicyclic) bond motifs is 5. The Morgan fingerprint density at radius 1 is 1.13 bits per heavy atom. The summed E-state index contributed by atoms with van der Waals surface area (Å²) in [5.74, 6) is 0.967. The molecule has 1 saturated heterocycles. The summed E-state index contributed by atoms with van der Waals surface area (Å²) in [6, 6.07) is 9.08. The first-order valence-corrected chi connectivity index (χ1v) is 10.6. The number of aromatic hydroxyl groups is 1. The quantitative estimate of drug-likeness (QED) is 0.677. The maximum Gasteiger partial charge on any atom is 0.336 e. The molecule has 0 saturated carbocycles. The van der Waals surface area contributed by atoms with Gasteiger partial charge in [0.2, 0.25) is 0 Å². The van der Waals surface area contributed by atoms with Crippen molar-refractivity contribution >= 4 is 11.0 Å². The fourth-order valence-corrected chi connectivity index (χ4v) is 5.36. The lowest BCUT2D eigenvalue weighted by molar-refractivity contribution is 0.113.